The van der Waals surface area contributed by atoms with Crippen molar-refractivity contribution in [2.45, 2.75) is 46.5 Å². The lowest BCUT2D eigenvalue weighted by Gasteiger charge is -2.20. The number of carbonyl (C=O) groups excluding carboxylic acids is 2. The van der Waals surface area contributed by atoms with E-state index in [1.54, 1.807) is 0 Å². The Morgan fingerprint density at radius 2 is 1.47 bits per heavy atom. The molecule has 0 fully saturated rings. The maximum absolute atomic E-state index is 13.7. The molecule has 0 radical (unpaired) electrons. The standard InChI is InChI=1S/C12H12FNO2.C3H8/c1-12(2,3)8-4-6-7(5-9(8)13)11(16)14-10(6)15;1-3-2/h4-5H,1-3H3,(H,14,15,16);3H2,1-2H3. The second-order valence-corrected chi connectivity index (χ2v) is 5.62. The molecule has 1 aromatic carbocycles. The number of rotatable bonds is 0. The SMILES string of the molecule is CC(C)(C)c1cc2c(cc1F)C(=O)NC2=O.CCC. The molecule has 2 rings (SSSR count). The zero-order chi connectivity index (χ0) is 14.8. The van der Waals surface area contributed by atoms with Gasteiger partial charge in [-0.3, -0.25) is 14.9 Å². The van der Waals surface area contributed by atoms with Crippen LogP contribution in [-0.2, 0) is 5.41 Å². The van der Waals surface area contributed by atoms with E-state index >= 15 is 0 Å². The molecule has 0 spiro atoms. The second-order valence-electron chi connectivity index (χ2n) is 5.62. The van der Waals surface area contributed by atoms with Crippen molar-refractivity contribution in [1.82, 2.24) is 5.32 Å². The van der Waals surface area contributed by atoms with Gasteiger partial charge in [-0.25, -0.2) is 4.39 Å². The summed E-state index contributed by atoms with van der Waals surface area (Å²) in [7, 11) is 0. The Morgan fingerprint density at radius 3 is 1.89 bits per heavy atom. The van der Waals surface area contributed by atoms with Gasteiger partial charge < -0.3 is 0 Å². The molecule has 1 aromatic rings. The highest BCUT2D eigenvalue weighted by Gasteiger charge is 2.30. The smallest absolute Gasteiger partial charge is 0.259 e. The first-order chi connectivity index (χ1) is 8.72. The number of nitrogens with one attached hydrogen (secondary N) is 1. The van der Waals surface area contributed by atoms with Crippen molar-refractivity contribution in [3.8, 4) is 0 Å². The third kappa shape index (κ3) is 3.19. The van der Waals surface area contributed by atoms with Gasteiger partial charge in [-0.05, 0) is 23.1 Å². The van der Waals surface area contributed by atoms with Gasteiger partial charge in [0.2, 0.25) is 0 Å². The summed E-state index contributed by atoms with van der Waals surface area (Å²) in [5.41, 5.74) is 0.424. The average Bonchev–Trinajstić information content (AvgIpc) is 2.53. The van der Waals surface area contributed by atoms with E-state index in [-0.39, 0.29) is 11.1 Å². The fraction of sp³-hybridized carbons (Fsp3) is 0.467. The van der Waals surface area contributed by atoms with Gasteiger partial charge in [0.25, 0.3) is 11.8 Å². The summed E-state index contributed by atoms with van der Waals surface area (Å²) in [5, 5.41) is 2.14. The topological polar surface area (TPSA) is 46.2 Å². The first-order valence-electron chi connectivity index (χ1n) is 6.42. The highest BCUT2D eigenvalue weighted by Crippen LogP contribution is 2.29. The van der Waals surface area contributed by atoms with Crippen molar-refractivity contribution in [2.75, 3.05) is 0 Å². The summed E-state index contributed by atoms with van der Waals surface area (Å²) in [6.07, 6.45) is 1.25. The van der Waals surface area contributed by atoms with Crippen LogP contribution in [0.3, 0.4) is 0 Å². The van der Waals surface area contributed by atoms with E-state index in [2.05, 4.69) is 19.2 Å². The third-order valence-corrected chi connectivity index (χ3v) is 2.63. The van der Waals surface area contributed by atoms with Crippen molar-refractivity contribution in [1.29, 1.82) is 0 Å². The first-order valence-corrected chi connectivity index (χ1v) is 6.42. The van der Waals surface area contributed by atoms with Crippen LogP contribution in [0, 0.1) is 5.82 Å². The maximum Gasteiger partial charge on any atom is 0.259 e. The van der Waals surface area contributed by atoms with Crippen LogP contribution in [0.2, 0.25) is 0 Å². The minimum atomic E-state index is -0.528. The number of hydrogen-bond acceptors (Lipinski definition) is 2. The highest BCUT2D eigenvalue weighted by molar-refractivity contribution is 6.21. The normalized spacial score (nSPS) is 13.6. The van der Waals surface area contributed by atoms with Crippen LogP contribution >= 0.6 is 0 Å². The number of carbonyl (C=O) groups is 2. The maximum atomic E-state index is 13.7. The molecule has 0 aromatic heterocycles. The fourth-order valence-corrected chi connectivity index (χ4v) is 1.76. The largest absolute Gasteiger partial charge is 0.288 e. The van der Waals surface area contributed by atoms with Crippen LogP contribution in [0.25, 0.3) is 0 Å². The van der Waals surface area contributed by atoms with Gasteiger partial charge in [0.05, 0.1) is 11.1 Å². The molecule has 0 bridgehead atoms. The summed E-state index contributed by atoms with van der Waals surface area (Å²) < 4.78 is 13.7. The Morgan fingerprint density at radius 1 is 1.05 bits per heavy atom. The molecule has 0 saturated carbocycles. The van der Waals surface area contributed by atoms with Crippen molar-refractivity contribution in [2.24, 2.45) is 0 Å². The van der Waals surface area contributed by atoms with Gasteiger partial charge in [0.1, 0.15) is 5.82 Å². The van der Waals surface area contributed by atoms with Gasteiger partial charge in [-0.1, -0.05) is 41.0 Å². The molecular weight excluding hydrogens is 245 g/mol. The van der Waals surface area contributed by atoms with Crippen LogP contribution in [0.1, 0.15) is 67.3 Å². The fourth-order valence-electron chi connectivity index (χ4n) is 1.76. The lowest BCUT2D eigenvalue weighted by molar-refractivity contribution is 0.0879. The average molecular weight is 265 g/mol. The first kappa shape index (κ1) is 15.3. The van der Waals surface area contributed by atoms with Gasteiger partial charge >= 0.3 is 0 Å². The summed E-state index contributed by atoms with van der Waals surface area (Å²) in [6, 6.07) is 2.60. The van der Waals surface area contributed by atoms with Crippen LogP contribution in [0.15, 0.2) is 12.1 Å². The molecule has 0 saturated heterocycles. The molecule has 4 heteroatoms. The predicted molar refractivity (Wildman–Crippen MR) is 72.9 cm³/mol. The Kier molecular flexibility index (Phi) is 4.45. The Bertz CT molecular complexity index is 516. The zero-order valence-electron chi connectivity index (χ0n) is 12.1. The lowest BCUT2D eigenvalue weighted by atomic mass is 9.85. The third-order valence-electron chi connectivity index (χ3n) is 2.63. The number of fused-ring (bicyclic) bond motifs is 1. The summed E-state index contributed by atoms with van der Waals surface area (Å²) in [5.74, 6) is -1.43. The van der Waals surface area contributed by atoms with Gasteiger partial charge in [0, 0.05) is 0 Å². The van der Waals surface area contributed by atoms with Crippen LogP contribution in [0.4, 0.5) is 4.39 Å². The monoisotopic (exact) mass is 265 g/mol. The molecule has 1 aliphatic heterocycles. The molecule has 1 aliphatic rings. The van der Waals surface area contributed by atoms with E-state index in [0.717, 1.165) is 6.07 Å². The quantitative estimate of drug-likeness (QED) is 0.730. The number of halogens is 1. The van der Waals surface area contributed by atoms with Crippen molar-refractivity contribution < 1.29 is 14.0 Å². The molecule has 1 heterocycles. The summed E-state index contributed by atoms with van der Waals surface area (Å²) in [4.78, 5) is 22.7. The molecule has 104 valence electrons. The van der Waals surface area contributed by atoms with Crippen molar-refractivity contribution in [3.05, 3.63) is 34.6 Å². The zero-order valence-corrected chi connectivity index (χ0v) is 12.1. The van der Waals surface area contributed by atoms with Crippen LogP contribution < -0.4 is 5.32 Å². The summed E-state index contributed by atoms with van der Waals surface area (Å²) in [6.45, 7) is 9.81. The Balaban J connectivity index is 0.000000550. The lowest BCUT2D eigenvalue weighted by Crippen LogP contribution is -2.20. The molecule has 0 unspecified atom stereocenters. The van der Waals surface area contributed by atoms with Gasteiger partial charge in [-0.15, -0.1) is 0 Å². The molecule has 3 nitrogen and oxygen atoms in total. The van der Waals surface area contributed by atoms with E-state index in [4.69, 9.17) is 0 Å². The molecule has 0 aliphatic carbocycles. The number of imide groups is 1. The highest BCUT2D eigenvalue weighted by atomic mass is 19.1. The molecule has 0 atom stereocenters. The number of amides is 2. The minimum Gasteiger partial charge on any atom is -0.288 e. The summed E-state index contributed by atoms with van der Waals surface area (Å²) >= 11 is 0. The van der Waals surface area contributed by atoms with E-state index in [0.29, 0.717) is 5.56 Å². The Labute approximate surface area is 113 Å². The molecular formula is C15H20FNO2. The molecule has 19 heavy (non-hydrogen) atoms. The predicted octanol–water partition coefficient (Wildman–Crippen LogP) is 3.42. The van der Waals surface area contributed by atoms with Gasteiger partial charge in [-0.2, -0.15) is 0 Å². The van der Waals surface area contributed by atoms with Crippen LogP contribution in [-0.4, -0.2) is 11.8 Å². The van der Waals surface area contributed by atoms with Crippen molar-refractivity contribution >= 4 is 11.8 Å². The van der Waals surface area contributed by atoms with Gasteiger partial charge in [0.15, 0.2) is 0 Å². The van der Waals surface area contributed by atoms with E-state index in [1.165, 1.54) is 12.5 Å². The number of benzene rings is 1. The minimum absolute atomic E-state index is 0.121. The Hall–Kier alpha value is -1.71. The van der Waals surface area contributed by atoms with E-state index < -0.39 is 23.0 Å². The van der Waals surface area contributed by atoms with E-state index in [1.807, 2.05) is 20.8 Å². The second kappa shape index (κ2) is 5.51. The molecule has 1 N–H and O–H groups in total. The molecule has 2 amide bonds. The number of hydrogen-bond donors (Lipinski definition) is 1. The van der Waals surface area contributed by atoms with Crippen LogP contribution in [0.5, 0.6) is 0 Å². The van der Waals surface area contributed by atoms with Crippen molar-refractivity contribution in [3.63, 3.8) is 0 Å². The van der Waals surface area contributed by atoms with E-state index in [9.17, 15) is 14.0 Å².